The topological polar surface area (TPSA) is 52.6 Å². The van der Waals surface area contributed by atoms with Gasteiger partial charge in [-0.2, -0.15) is 30.7 Å². The molecule has 0 bridgehead atoms. The Morgan fingerprint density at radius 2 is 1.27 bits per heavy atom. The summed E-state index contributed by atoms with van der Waals surface area (Å²) in [7, 11) is 1.63. The van der Waals surface area contributed by atoms with Crippen LogP contribution in [-0.4, -0.2) is 38.3 Å². The number of hydrogen-bond acceptors (Lipinski definition) is 4. The zero-order valence-electron chi connectivity index (χ0n) is 15.3. The molecule has 0 radical (unpaired) electrons. The number of hydrogen-bond donors (Lipinski definition) is 0. The van der Waals surface area contributed by atoms with Crippen LogP contribution in [0.5, 0.6) is 0 Å². The van der Waals surface area contributed by atoms with Gasteiger partial charge >= 0.3 is 30.0 Å². The third-order valence-corrected chi connectivity index (χ3v) is 4.14. The van der Waals surface area contributed by atoms with E-state index in [0.29, 0.717) is 13.2 Å². The van der Waals surface area contributed by atoms with Crippen molar-refractivity contribution < 1.29 is 49.8 Å². The molecule has 0 saturated carbocycles. The van der Waals surface area contributed by atoms with Crippen molar-refractivity contribution in [2.75, 3.05) is 14.2 Å². The van der Waals surface area contributed by atoms with Crippen molar-refractivity contribution in [3.63, 3.8) is 0 Å². The number of methoxy groups -OCH3 is 2. The molecule has 0 heterocycles. The van der Waals surface area contributed by atoms with Crippen molar-refractivity contribution in [2.24, 2.45) is 0 Å². The number of benzene rings is 2. The predicted octanol–water partition coefficient (Wildman–Crippen LogP) is 5.22. The van der Waals surface area contributed by atoms with Crippen molar-refractivity contribution in [1.29, 1.82) is 0 Å². The van der Waals surface area contributed by atoms with E-state index in [1.807, 2.05) is 0 Å². The van der Waals surface area contributed by atoms with Crippen LogP contribution >= 0.6 is 0 Å². The number of alkyl halides is 7. The summed E-state index contributed by atoms with van der Waals surface area (Å²) in [4.78, 5) is 24.0. The Balaban J connectivity index is 2.94. The molecule has 4 nitrogen and oxygen atoms in total. The van der Waals surface area contributed by atoms with E-state index in [2.05, 4.69) is 9.47 Å². The Morgan fingerprint density at radius 3 is 1.73 bits per heavy atom. The SMILES string of the molecule is COC(=O)c1cc(C(=O)OC)c(C(F)(F)C(F)(F)C(F)(F)F)cc1-c1ccccc1. The monoisotopic (exact) mass is 438 g/mol. The molecule has 2 rings (SSSR count). The molecule has 0 aliphatic carbocycles. The minimum Gasteiger partial charge on any atom is -0.465 e. The van der Waals surface area contributed by atoms with Crippen molar-refractivity contribution in [1.82, 2.24) is 0 Å². The largest absolute Gasteiger partial charge is 0.465 e. The van der Waals surface area contributed by atoms with Crippen LogP contribution in [0.1, 0.15) is 26.3 Å². The van der Waals surface area contributed by atoms with Crippen LogP contribution in [0.4, 0.5) is 30.7 Å². The fourth-order valence-electron chi connectivity index (χ4n) is 2.62. The lowest BCUT2D eigenvalue weighted by atomic mass is 9.89. The first-order chi connectivity index (χ1) is 13.8. The van der Waals surface area contributed by atoms with Crippen molar-refractivity contribution in [2.45, 2.75) is 18.0 Å². The molecule has 0 atom stereocenters. The molecule has 162 valence electrons. The van der Waals surface area contributed by atoms with E-state index < -0.39 is 52.2 Å². The van der Waals surface area contributed by atoms with Gasteiger partial charge in [-0.1, -0.05) is 30.3 Å². The molecule has 30 heavy (non-hydrogen) atoms. The van der Waals surface area contributed by atoms with Gasteiger partial charge < -0.3 is 9.47 Å². The Labute approximate surface area is 165 Å². The number of rotatable bonds is 5. The van der Waals surface area contributed by atoms with Gasteiger partial charge in [0, 0.05) is 5.56 Å². The van der Waals surface area contributed by atoms with Crippen molar-refractivity contribution >= 4 is 11.9 Å². The first-order valence-corrected chi connectivity index (χ1v) is 8.02. The Kier molecular flexibility index (Phi) is 6.15. The van der Waals surface area contributed by atoms with E-state index in [9.17, 15) is 40.3 Å². The normalized spacial score (nSPS) is 12.4. The van der Waals surface area contributed by atoms with Crippen LogP contribution in [0.15, 0.2) is 42.5 Å². The Hall–Kier alpha value is -3.11. The van der Waals surface area contributed by atoms with Crippen LogP contribution in [0.3, 0.4) is 0 Å². The average molecular weight is 438 g/mol. The molecule has 0 fully saturated rings. The van der Waals surface area contributed by atoms with Gasteiger partial charge in [-0.05, 0) is 23.3 Å². The van der Waals surface area contributed by atoms with Gasteiger partial charge in [0.05, 0.1) is 25.3 Å². The molecular formula is C19H13F7O4. The number of carbonyl (C=O) groups excluding carboxylic acids is 2. The molecule has 0 aliphatic rings. The lowest BCUT2D eigenvalue weighted by Crippen LogP contribution is -2.50. The van der Waals surface area contributed by atoms with Gasteiger partial charge in [-0.25, -0.2) is 9.59 Å². The van der Waals surface area contributed by atoms with Crippen LogP contribution < -0.4 is 0 Å². The summed E-state index contributed by atoms with van der Waals surface area (Å²) in [6.07, 6.45) is -6.63. The molecule has 0 amide bonds. The number of ether oxygens (including phenoxy) is 2. The molecule has 0 aliphatic heterocycles. The maximum Gasteiger partial charge on any atom is 0.460 e. The highest BCUT2D eigenvalue weighted by atomic mass is 19.4. The molecule has 2 aromatic rings. The smallest absolute Gasteiger partial charge is 0.460 e. The predicted molar refractivity (Wildman–Crippen MR) is 89.5 cm³/mol. The van der Waals surface area contributed by atoms with Gasteiger partial charge in [0.15, 0.2) is 0 Å². The third kappa shape index (κ3) is 3.83. The fraction of sp³-hybridized carbons (Fsp3) is 0.263. The minimum atomic E-state index is -6.63. The summed E-state index contributed by atoms with van der Waals surface area (Å²) in [5.74, 6) is -15.2. The van der Waals surface area contributed by atoms with E-state index in [0.717, 1.165) is 7.11 Å². The van der Waals surface area contributed by atoms with E-state index in [1.54, 1.807) is 0 Å². The van der Waals surface area contributed by atoms with Gasteiger partial charge in [0.25, 0.3) is 0 Å². The molecule has 0 aromatic heterocycles. The molecule has 0 spiro atoms. The maximum absolute atomic E-state index is 14.5. The molecular weight excluding hydrogens is 425 g/mol. The average Bonchev–Trinajstić information content (AvgIpc) is 2.71. The number of carbonyl (C=O) groups is 2. The Bertz CT molecular complexity index is 953. The zero-order chi connectivity index (χ0) is 22.9. The van der Waals surface area contributed by atoms with Crippen LogP contribution in [-0.2, 0) is 15.4 Å². The Morgan fingerprint density at radius 1 is 0.767 bits per heavy atom. The fourth-order valence-corrected chi connectivity index (χ4v) is 2.62. The van der Waals surface area contributed by atoms with Crippen LogP contribution in [0.25, 0.3) is 11.1 Å². The lowest BCUT2D eigenvalue weighted by molar-refractivity contribution is -0.359. The third-order valence-electron chi connectivity index (χ3n) is 4.14. The quantitative estimate of drug-likeness (QED) is 0.475. The molecule has 0 saturated heterocycles. The van der Waals surface area contributed by atoms with E-state index in [4.69, 9.17) is 0 Å². The van der Waals surface area contributed by atoms with Gasteiger partial charge in [0.1, 0.15) is 0 Å². The van der Waals surface area contributed by atoms with Crippen LogP contribution in [0.2, 0.25) is 0 Å². The summed E-state index contributed by atoms with van der Waals surface area (Å²) < 4.78 is 103. The summed E-state index contributed by atoms with van der Waals surface area (Å²) >= 11 is 0. The molecule has 11 heteroatoms. The lowest BCUT2D eigenvalue weighted by Gasteiger charge is -2.30. The summed E-state index contributed by atoms with van der Waals surface area (Å²) in [5.41, 5.74) is -4.22. The molecule has 0 unspecified atom stereocenters. The van der Waals surface area contributed by atoms with Gasteiger partial charge in [0.2, 0.25) is 0 Å². The first-order valence-electron chi connectivity index (χ1n) is 8.02. The highest BCUT2D eigenvalue weighted by Crippen LogP contribution is 2.53. The highest BCUT2D eigenvalue weighted by Gasteiger charge is 2.74. The van der Waals surface area contributed by atoms with Crippen molar-refractivity contribution in [3.05, 3.63) is 59.2 Å². The van der Waals surface area contributed by atoms with Gasteiger partial charge in [-0.3, -0.25) is 0 Å². The minimum absolute atomic E-state index is 0.0293. The maximum atomic E-state index is 14.5. The first kappa shape index (κ1) is 23.2. The summed E-state index contributed by atoms with van der Waals surface area (Å²) in [5, 5.41) is 0. The zero-order valence-corrected chi connectivity index (χ0v) is 15.3. The number of halogens is 7. The molecule has 0 N–H and O–H groups in total. The summed E-state index contributed by atoms with van der Waals surface area (Å²) in [6.45, 7) is 0. The van der Waals surface area contributed by atoms with Crippen molar-refractivity contribution in [3.8, 4) is 11.1 Å². The highest BCUT2D eigenvalue weighted by molar-refractivity contribution is 6.02. The summed E-state index contributed by atoms with van der Waals surface area (Å²) in [6, 6.07) is 7.59. The van der Waals surface area contributed by atoms with E-state index >= 15 is 0 Å². The van der Waals surface area contributed by atoms with Crippen LogP contribution in [0, 0.1) is 0 Å². The number of esters is 2. The van der Waals surface area contributed by atoms with E-state index in [1.165, 1.54) is 30.3 Å². The van der Waals surface area contributed by atoms with E-state index in [-0.39, 0.29) is 11.6 Å². The second kappa shape index (κ2) is 7.96. The van der Waals surface area contributed by atoms with Gasteiger partial charge in [-0.15, -0.1) is 0 Å². The second-order valence-corrected chi connectivity index (χ2v) is 5.94. The molecule has 2 aromatic carbocycles. The second-order valence-electron chi connectivity index (χ2n) is 5.94. The standard InChI is InChI=1S/C19H13F7O4/c1-29-15(27)12-8-13(16(28)30-2)14(9-11(12)10-6-4-3-5-7-10)17(20,21)18(22,23)19(24,25)26/h3-9H,1-2H3.